The summed E-state index contributed by atoms with van der Waals surface area (Å²) in [4.78, 5) is 22.4. The number of benzene rings is 1. The molecule has 8 heteroatoms. The van der Waals surface area contributed by atoms with Crippen molar-refractivity contribution < 1.29 is 28.9 Å². The van der Waals surface area contributed by atoms with Crippen LogP contribution in [-0.2, 0) is 14.3 Å². The highest BCUT2D eigenvalue weighted by atomic mass is 32.2. The minimum atomic E-state index is -0.857. The molecule has 1 aliphatic rings. The molecule has 132 valence electrons. The van der Waals surface area contributed by atoms with Crippen LogP contribution < -0.4 is 14.8 Å². The summed E-state index contributed by atoms with van der Waals surface area (Å²) in [6.07, 6.45) is 0. The maximum absolute atomic E-state index is 11.4. The van der Waals surface area contributed by atoms with E-state index in [-0.39, 0.29) is 12.0 Å². The molecule has 7 nitrogen and oxygen atoms in total. The van der Waals surface area contributed by atoms with Crippen molar-refractivity contribution in [1.29, 1.82) is 0 Å². The number of carbonyl (C=O) groups is 2. The van der Waals surface area contributed by atoms with Gasteiger partial charge in [0, 0.05) is 5.75 Å². The summed E-state index contributed by atoms with van der Waals surface area (Å²) in [5, 5.41) is 12.0. The quantitative estimate of drug-likeness (QED) is 0.682. The van der Waals surface area contributed by atoms with Crippen LogP contribution in [0, 0.1) is 0 Å². The van der Waals surface area contributed by atoms with Crippen molar-refractivity contribution in [2.24, 2.45) is 0 Å². The highest BCUT2D eigenvalue weighted by Gasteiger charge is 2.30. The van der Waals surface area contributed by atoms with Gasteiger partial charge in [0.1, 0.15) is 6.04 Å². The van der Waals surface area contributed by atoms with E-state index in [0.29, 0.717) is 30.5 Å². The summed E-state index contributed by atoms with van der Waals surface area (Å²) in [5.74, 6) is 0.170. The number of aliphatic carboxylic acids is 1. The molecule has 24 heavy (non-hydrogen) atoms. The van der Waals surface area contributed by atoms with Gasteiger partial charge < -0.3 is 19.3 Å². The number of carbonyl (C=O) groups excluding carboxylic acids is 1. The second-order valence-corrected chi connectivity index (χ2v) is 6.14. The highest BCUT2D eigenvalue weighted by Crippen LogP contribution is 2.37. The Morgan fingerprint density at radius 2 is 2.04 bits per heavy atom. The largest absolute Gasteiger partial charge is 0.490 e. The third-order valence-electron chi connectivity index (χ3n) is 3.30. The van der Waals surface area contributed by atoms with Crippen LogP contribution in [0.25, 0.3) is 0 Å². The van der Waals surface area contributed by atoms with Gasteiger partial charge in [0.05, 0.1) is 18.6 Å². The third-order valence-corrected chi connectivity index (χ3v) is 4.57. The summed E-state index contributed by atoms with van der Waals surface area (Å²) < 4.78 is 15.9. The first-order chi connectivity index (χ1) is 11.5. The fourth-order valence-corrected chi connectivity index (χ4v) is 3.44. The van der Waals surface area contributed by atoms with Crippen molar-refractivity contribution in [1.82, 2.24) is 5.32 Å². The van der Waals surface area contributed by atoms with Crippen LogP contribution in [0.1, 0.15) is 24.8 Å². The Morgan fingerprint density at radius 1 is 1.25 bits per heavy atom. The number of nitrogens with one attached hydrogen (secondary N) is 1. The number of carboxylic acids is 1. The second kappa shape index (κ2) is 8.79. The lowest BCUT2D eigenvalue weighted by molar-refractivity contribution is -0.145. The molecule has 0 spiro atoms. The van der Waals surface area contributed by atoms with Crippen molar-refractivity contribution >= 4 is 23.7 Å². The van der Waals surface area contributed by atoms with E-state index < -0.39 is 18.0 Å². The van der Waals surface area contributed by atoms with E-state index in [1.165, 1.54) is 11.8 Å². The normalized spacial score (nSPS) is 19.8. The van der Waals surface area contributed by atoms with Crippen LogP contribution in [-0.4, -0.2) is 48.7 Å². The number of hydrogen-bond acceptors (Lipinski definition) is 7. The molecule has 0 aliphatic carbocycles. The molecule has 1 saturated heterocycles. The molecule has 0 unspecified atom stereocenters. The average Bonchev–Trinajstić information content (AvgIpc) is 3.04. The number of thioether (sulfide) groups is 1. The SMILES string of the molecule is CCOC(=O)COc1ccc([C@@H]2N[C@H](C(=O)O)CS2)cc1OCC. The third kappa shape index (κ3) is 4.78. The van der Waals surface area contributed by atoms with E-state index in [4.69, 9.17) is 19.3 Å². The zero-order chi connectivity index (χ0) is 17.5. The van der Waals surface area contributed by atoms with Gasteiger partial charge in [0.25, 0.3) is 0 Å². The molecule has 0 aromatic heterocycles. The fourth-order valence-electron chi connectivity index (χ4n) is 2.22. The summed E-state index contributed by atoms with van der Waals surface area (Å²) in [6, 6.07) is 4.79. The Hall–Kier alpha value is -1.93. The smallest absolute Gasteiger partial charge is 0.344 e. The minimum absolute atomic E-state index is 0.121. The summed E-state index contributed by atoms with van der Waals surface area (Å²) in [7, 11) is 0. The van der Waals surface area contributed by atoms with Gasteiger partial charge in [-0.15, -0.1) is 11.8 Å². The zero-order valence-electron chi connectivity index (χ0n) is 13.6. The summed E-state index contributed by atoms with van der Waals surface area (Å²) in [6.45, 7) is 4.14. The lowest BCUT2D eigenvalue weighted by atomic mass is 10.2. The van der Waals surface area contributed by atoms with Crippen molar-refractivity contribution in [2.75, 3.05) is 25.6 Å². The first-order valence-corrected chi connectivity index (χ1v) is 8.75. The molecule has 0 radical (unpaired) electrons. The van der Waals surface area contributed by atoms with Crippen LogP contribution in [0.15, 0.2) is 18.2 Å². The molecule has 2 N–H and O–H groups in total. The Morgan fingerprint density at radius 3 is 2.67 bits per heavy atom. The molecule has 0 bridgehead atoms. The maximum atomic E-state index is 11.4. The van der Waals surface area contributed by atoms with E-state index in [0.717, 1.165) is 5.56 Å². The highest BCUT2D eigenvalue weighted by molar-refractivity contribution is 7.99. The van der Waals surface area contributed by atoms with Crippen LogP contribution in [0.2, 0.25) is 0 Å². The van der Waals surface area contributed by atoms with Gasteiger partial charge in [0.15, 0.2) is 18.1 Å². The van der Waals surface area contributed by atoms with Gasteiger partial charge in [-0.25, -0.2) is 4.79 Å². The standard InChI is InChI=1S/C16H21NO6S/c1-3-21-13-7-10(15-17-11(9-24-15)16(19)20)5-6-12(13)23-8-14(18)22-4-2/h5-7,11,15,17H,3-4,8-9H2,1-2H3,(H,19,20)/t11-,15+/m0/s1. The first kappa shape index (κ1) is 18.4. The Labute approximate surface area is 144 Å². The molecule has 0 saturated carbocycles. The zero-order valence-corrected chi connectivity index (χ0v) is 14.4. The maximum Gasteiger partial charge on any atom is 0.344 e. The number of hydrogen-bond donors (Lipinski definition) is 2. The van der Waals surface area contributed by atoms with Crippen molar-refractivity contribution in [3.8, 4) is 11.5 Å². The second-order valence-electron chi connectivity index (χ2n) is 5.00. The van der Waals surface area contributed by atoms with E-state index in [1.54, 1.807) is 19.1 Å². The molecule has 0 amide bonds. The molecular weight excluding hydrogens is 334 g/mol. The first-order valence-electron chi connectivity index (χ1n) is 7.70. The molecule has 1 aromatic carbocycles. The molecule has 2 rings (SSSR count). The lowest BCUT2D eigenvalue weighted by Gasteiger charge is -2.16. The molecule has 1 aromatic rings. The van der Waals surface area contributed by atoms with Crippen LogP contribution in [0.3, 0.4) is 0 Å². The summed E-state index contributed by atoms with van der Waals surface area (Å²) in [5.41, 5.74) is 0.899. The monoisotopic (exact) mass is 355 g/mol. The van der Waals surface area contributed by atoms with E-state index >= 15 is 0 Å². The van der Waals surface area contributed by atoms with Gasteiger partial charge in [-0.05, 0) is 31.5 Å². The molecule has 2 atom stereocenters. The summed E-state index contributed by atoms with van der Waals surface area (Å²) >= 11 is 1.53. The van der Waals surface area contributed by atoms with Crippen molar-refractivity contribution in [3.63, 3.8) is 0 Å². The van der Waals surface area contributed by atoms with Gasteiger partial charge >= 0.3 is 11.9 Å². The Balaban J connectivity index is 2.08. The van der Waals surface area contributed by atoms with E-state index in [2.05, 4.69) is 5.32 Å². The van der Waals surface area contributed by atoms with Gasteiger partial charge in [-0.1, -0.05) is 6.07 Å². The lowest BCUT2D eigenvalue weighted by Crippen LogP contribution is -2.33. The van der Waals surface area contributed by atoms with Gasteiger partial charge in [-0.3, -0.25) is 10.1 Å². The topological polar surface area (TPSA) is 94.1 Å². The molecular formula is C16H21NO6S. The van der Waals surface area contributed by atoms with E-state index in [1.807, 2.05) is 13.0 Å². The van der Waals surface area contributed by atoms with Crippen LogP contribution in [0.4, 0.5) is 0 Å². The van der Waals surface area contributed by atoms with Crippen molar-refractivity contribution in [2.45, 2.75) is 25.3 Å². The predicted octanol–water partition coefficient (Wildman–Crippen LogP) is 1.82. The molecule has 1 heterocycles. The fraction of sp³-hybridized carbons (Fsp3) is 0.500. The van der Waals surface area contributed by atoms with Crippen molar-refractivity contribution in [3.05, 3.63) is 23.8 Å². The minimum Gasteiger partial charge on any atom is -0.490 e. The average molecular weight is 355 g/mol. The number of carboxylic acid groups (broad SMARTS) is 1. The van der Waals surface area contributed by atoms with E-state index in [9.17, 15) is 9.59 Å². The predicted molar refractivity (Wildman–Crippen MR) is 89.5 cm³/mol. The van der Waals surface area contributed by atoms with Gasteiger partial charge in [0.2, 0.25) is 0 Å². The van der Waals surface area contributed by atoms with Crippen LogP contribution >= 0.6 is 11.8 Å². The Kier molecular flexibility index (Phi) is 6.74. The number of esters is 1. The number of rotatable bonds is 8. The van der Waals surface area contributed by atoms with Gasteiger partial charge in [-0.2, -0.15) is 0 Å². The molecule has 1 aliphatic heterocycles. The Bertz CT molecular complexity index is 594. The van der Waals surface area contributed by atoms with Crippen LogP contribution in [0.5, 0.6) is 11.5 Å². The molecule has 1 fully saturated rings. The number of ether oxygens (including phenoxy) is 3.